The van der Waals surface area contributed by atoms with Crippen molar-refractivity contribution in [1.29, 1.82) is 0 Å². The van der Waals surface area contributed by atoms with Crippen molar-refractivity contribution in [3.05, 3.63) is 58.1 Å². The highest BCUT2D eigenvalue weighted by molar-refractivity contribution is 7.71. The second-order valence-corrected chi connectivity index (χ2v) is 5.11. The number of hydrogen-bond acceptors (Lipinski definition) is 1. The van der Waals surface area contributed by atoms with Crippen molar-refractivity contribution in [3.8, 4) is 5.69 Å². The fourth-order valence-corrected chi connectivity index (χ4v) is 2.55. The van der Waals surface area contributed by atoms with Gasteiger partial charge in [0.25, 0.3) is 0 Å². The quantitative estimate of drug-likeness (QED) is 0.649. The van der Waals surface area contributed by atoms with Gasteiger partial charge >= 0.3 is 0 Å². The van der Waals surface area contributed by atoms with E-state index in [1.807, 2.05) is 23.6 Å². The first kappa shape index (κ1) is 12.1. The molecule has 0 fully saturated rings. The van der Waals surface area contributed by atoms with Crippen molar-refractivity contribution in [1.82, 2.24) is 9.55 Å². The van der Waals surface area contributed by atoms with Gasteiger partial charge in [0.15, 0.2) is 4.77 Å². The Morgan fingerprint density at radius 2 is 1.89 bits per heavy atom. The van der Waals surface area contributed by atoms with Gasteiger partial charge in [-0.15, -0.1) is 0 Å². The lowest BCUT2D eigenvalue weighted by Crippen LogP contribution is -1.96. The highest BCUT2D eigenvalue weighted by Gasteiger charge is 2.08. The number of aryl methyl sites for hydroxylation is 2. The number of hydrogen-bond donors (Lipinski definition) is 1. The van der Waals surface area contributed by atoms with Crippen LogP contribution in [0.25, 0.3) is 16.7 Å². The first-order valence-corrected chi connectivity index (χ1v) is 6.45. The highest BCUT2D eigenvalue weighted by atomic mass is 32.1. The fourth-order valence-electron chi connectivity index (χ4n) is 2.24. The summed E-state index contributed by atoms with van der Waals surface area (Å²) in [6.45, 7) is 3.79. The van der Waals surface area contributed by atoms with Crippen molar-refractivity contribution in [2.45, 2.75) is 13.8 Å². The maximum Gasteiger partial charge on any atom is 0.182 e. The number of halogens is 1. The molecule has 2 nitrogen and oxygen atoms in total. The van der Waals surface area contributed by atoms with E-state index in [-0.39, 0.29) is 5.82 Å². The lowest BCUT2D eigenvalue weighted by Gasteiger charge is -2.06. The van der Waals surface area contributed by atoms with Crippen molar-refractivity contribution in [3.63, 3.8) is 0 Å². The number of imidazole rings is 1. The van der Waals surface area contributed by atoms with Gasteiger partial charge in [0.2, 0.25) is 0 Å². The zero-order valence-electron chi connectivity index (χ0n) is 10.7. The summed E-state index contributed by atoms with van der Waals surface area (Å²) in [5.74, 6) is -0.203. The predicted molar refractivity (Wildman–Crippen MR) is 77.9 cm³/mol. The van der Waals surface area contributed by atoms with E-state index in [0.717, 1.165) is 22.3 Å². The average molecular weight is 272 g/mol. The molecular weight excluding hydrogens is 259 g/mol. The normalized spacial score (nSPS) is 11.1. The van der Waals surface area contributed by atoms with E-state index in [2.05, 4.69) is 11.1 Å². The van der Waals surface area contributed by atoms with E-state index in [0.29, 0.717) is 10.3 Å². The van der Waals surface area contributed by atoms with Crippen LogP contribution in [0.1, 0.15) is 11.1 Å². The van der Waals surface area contributed by atoms with Gasteiger partial charge in [-0.3, -0.25) is 4.57 Å². The van der Waals surface area contributed by atoms with Crippen LogP contribution in [0.4, 0.5) is 4.39 Å². The van der Waals surface area contributed by atoms with Crippen LogP contribution in [-0.2, 0) is 0 Å². The smallest absolute Gasteiger partial charge is 0.182 e. The summed E-state index contributed by atoms with van der Waals surface area (Å²) in [5, 5.41) is 0. The topological polar surface area (TPSA) is 20.7 Å². The number of aromatic amines is 1. The number of nitrogens with zero attached hydrogens (tertiary/aromatic N) is 1. The van der Waals surface area contributed by atoms with E-state index in [1.165, 1.54) is 6.07 Å². The van der Waals surface area contributed by atoms with Gasteiger partial charge < -0.3 is 4.98 Å². The first-order valence-electron chi connectivity index (χ1n) is 6.04. The van der Waals surface area contributed by atoms with Crippen LogP contribution in [0.2, 0.25) is 0 Å². The van der Waals surface area contributed by atoms with Gasteiger partial charge in [-0.05, 0) is 67.5 Å². The Morgan fingerprint density at radius 1 is 1.11 bits per heavy atom. The summed E-state index contributed by atoms with van der Waals surface area (Å²) in [5.41, 5.74) is 4.64. The Bertz CT molecular complexity index is 830. The zero-order valence-corrected chi connectivity index (χ0v) is 11.5. The van der Waals surface area contributed by atoms with Gasteiger partial charge in [0.05, 0.1) is 11.0 Å². The molecule has 1 N–H and O–H groups in total. The summed E-state index contributed by atoms with van der Waals surface area (Å²) < 4.78 is 15.9. The lowest BCUT2D eigenvalue weighted by atomic mass is 10.2. The highest BCUT2D eigenvalue weighted by Crippen LogP contribution is 2.22. The number of nitrogens with one attached hydrogen (secondary N) is 1. The van der Waals surface area contributed by atoms with Gasteiger partial charge in [0.1, 0.15) is 5.82 Å². The maximum absolute atomic E-state index is 13.4. The van der Waals surface area contributed by atoms with E-state index in [1.54, 1.807) is 19.1 Å². The van der Waals surface area contributed by atoms with Gasteiger partial charge in [-0.1, -0.05) is 6.07 Å². The van der Waals surface area contributed by atoms with Crippen molar-refractivity contribution in [2.24, 2.45) is 0 Å². The molecule has 0 saturated carbocycles. The molecule has 3 rings (SSSR count). The molecular formula is C15H13FN2S. The molecule has 0 aliphatic carbocycles. The molecule has 19 heavy (non-hydrogen) atoms. The van der Waals surface area contributed by atoms with E-state index < -0.39 is 0 Å². The lowest BCUT2D eigenvalue weighted by molar-refractivity contribution is 0.618. The van der Waals surface area contributed by atoms with Crippen LogP contribution < -0.4 is 0 Å². The third-order valence-corrected chi connectivity index (χ3v) is 3.52. The molecule has 1 heterocycles. The molecule has 96 valence electrons. The molecule has 4 heteroatoms. The number of aromatic nitrogens is 2. The van der Waals surface area contributed by atoms with Crippen molar-refractivity contribution in [2.75, 3.05) is 0 Å². The summed E-state index contributed by atoms with van der Waals surface area (Å²) in [6, 6.07) is 11.1. The molecule has 0 spiro atoms. The molecule has 0 unspecified atom stereocenters. The maximum atomic E-state index is 13.4. The van der Waals surface area contributed by atoms with E-state index in [9.17, 15) is 4.39 Å². The third kappa shape index (κ3) is 1.98. The van der Waals surface area contributed by atoms with E-state index >= 15 is 0 Å². The Kier molecular flexibility index (Phi) is 2.75. The molecule has 3 aromatic rings. The third-order valence-electron chi connectivity index (χ3n) is 3.24. The molecule has 0 bridgehead atoms. The van der Waals surface area contributed by atoms with Crippen LogP contribution in [0.15, 0.2) is 36.4 Å². The standard InChI is InChI=1S/C15H13FN2S/c1-9-3-6-13-14(7-9)18(15(19)17-13)11-4-5-12(16)10(2)8-11/h3-8H,1-2H3,(H,17,19). The van der Waals surface area contributed by atoms with Crippen LogP contribution in [-0.4, -0.2) is 9.55 Å². The van der Waals surface area contributed by atoms with E-state index in [4.69, 9.17) is 12.2 Å². The van der Waals surface area contributed by atoms with Crippen LogP contribution in [0.3, 0.4) is 0 Å². The summed E-state index contributed by atoms with van der Waals surface area (Å²) in [6.07, 6.45) is 0. The van der Waals surface area contributed by atoms with Crippen LogP contribution in [0.5, 0.6) is 0 Å². The fraction of sp³-hybridized carbons (Fsp3) is 0.133. The monoisotopic (exact) mass is 272 g/mol. The second kappa shape index (κ2) is 4.31. The SMILES string of the molecule is Cc1ccc2[nH]c(=S)n(-c3ccc(F)c(C)c3)c2c1. The molecule has 0 amide bonds. The second-order valence-electron chi connectivity index (χ2n) is 4.72. The number of rotatable bonds is 1. The first-order chi connectivity index (χ1) is 9.06. The average Bonchev–Trinajstić information content (AvgIpc) is 2.68. The minimum atomic E-state index is -0.203. The number of H-pyrrole nitrogens is 1. The Morgan fingerprint density at radius 3 is 2.63 bits per heavy atom. The zero-order chi connectivity index (χ0) is 13.6. The van der Waals surface area contributed by atoms with Gasteiger partial charge in [-0.25, -0.2) is 4.39 Å². The van der Waals surface area contributed by atoms with Crippen LogP contribution in [0, 0.1) is 24.4 Å². The number of benzene rings is 2. The minimum absolute atomic E-state index is 0.203. The molecule has 0 radical (unpaired) electrons. The Labute approximate surface area is 115 Å². The predicted octanol–water partition coefficient (Wildman–Crippen LogP) is 4.44. The van der Waals surface area contributed by atoms with Crippen molar-refractivity contribution < 1.29 is 4.39 Å². The summed E-state index contributed by atoms with van der Waals surface area (Å²) >= 11 is 5.37. The van der Waals surface area contributed by atoms with Gasteiger partial charge in [0, 0.05) is 5.69 Å². The summed E-state index contributed by atoms with van der Waals surface area (Å²) in [7, 11) is 0. The number of fused-ring (bicyclic) bond motifs is 1. The van der Waals surface area contributed by atoms with Crippen LogP contribution >= 0.6 is 12.2 Å². The minimum Gasteiger partial charge on any atom is -0.330 e. The molecule has 1 aromatic heterocycles. The molecule has 0 atom stereocenters. The largest absolute Gasteiger partial charge is 0.330 e. The summed E-state index contributed by atoms with van der Waals surface area (Å²) in [4.78, 5) is 3.17. The Balaban J connectivity index is 2.35. The molecule has 0 aliphatic rings. The molecule has 2 aromatic carbocycles. The van der Waals surface area contributed by atoms with Gasteiger partial charge in [-0.2, -0.15) is 0 Å². The molecule has 0 aliphatic heterocycles. The Hall–Kier alpha value is -1.94. The van der Waals surface area contributed by atoms with Crippen molar-refractivity contribution >= 4 is 23.3 Å². The molecule has 0 saturated heterocycles.